The van der Waals surface area contributed by atoms with E-state index in [1.54, 1.807) is 0 Å². The number of sulfonamides is 1. The van der Waals surface area contributed by atoms with Crippen molar-refractivity contribution in [2.75, 3.05) is 31.4 Å². The molecule has 0 aromatic heterocycles. The number of thioether (sulfide) groups is 1. The van der Waals surface area contributed by atoms with Crippen LogP contribution < -0.4 is 15.4 Å². The van der Waals surface area contributed by atoms with Crippen LogP contribution in [0.4, 0.5) is 4.79 Å². The summed E-state index contributed by atoms with van der Waals surface area (Å²) in [5, 5.41) is 13.5. The van der Waals surface area contributed by atoms with Crippen LogP contribution in [0.1, 0.15) is 6.42 Å². The van der Waals surface area contributed by atoms with Crippen molar-refractivity contribution >= 4 is 33.8 Å². The maximum absolute atomic E-state index is 11.4. The minimum absolute atomic E-state index is 0.0934. The number of urea groups is 1. The molecule has 0 bridgehead atoms. The van der Waals surface area contributed by atoms with Crippen LogP contribution in [0.3, 0.4) is 0 Å². The Morgan fingerprint density at radius 2 is 2.00 bits per heavy atom. The Bertz CT molecular complexity index is 399. The number of carboxylic acids is 1. The second-order valence-electron chi connectivity index (χ2n) is 3.60. The van der Waals surface area contributed by atoms with Crippen LogP contribution in [-0.4, -0.2) is 62.9 Å². The summed E-state index contributed by atoms with van der Waals surface area (Å²) in [6.07, 6.45) is 2.14. The van der Waals surface area contributed by atoms with Gasteiger partial charge in [0.15, 0.2) is 0 Å². The van der Waals surface area contributed by atoms with Gasteiger partial charge in [-0.25, -0.2) is 22.7 Å². The molecule has 0 aromatic rings. The lowest BCUT2D eigenvalue weighted by atomic mass is 10.2. The Balaban J connectivity index is 4.10. The summed E-state index contributed by atoms with van der Waals surface area (Å²) in [5.74, 6) is -0.780. The van der Waals surface area contributed by atoms with Crippen LogP contribution in [0.25, 0.3) is 0 Å². The second-order valence-corrected chi connectivity index (χ2v) is 6.63. The largest absolute Gasteiger partial charge is 0.480 e. The molecule has 1 atom stereocenters. The molecule has 4 N–H and O–H groups in total. The van der Waals surface area contributed by atoms with E-state index < -0.39 is 28.1 Å². The van der Waals surface area contributed by atoms with Crippen molar-refractivity contribution in [2.24, 2.45) is 0 Å². The Labute approximate surface area is 116 Å². The average molecular weight is 313 g/mol. The maximum Gasteiger partial charge on any atom is 0.326 e. The van der Waals surface area contributed by atoms with Gasteiger partial charge in [-0.05, 0) is 25.5 Å². The molecule has 10 heteroatoms. The molecule has 0 unspecified atom stereocenters. The zero-order valence-corrected chi connectivity index (χ0v) is 12.4. The summed E-state index contributed by atoms with van der Waals surface area (Å²) in [4.78, 5) is 22.3. The standard InChI is InChI=1S/C9H19N3O5S2/c1-10-19(16,17)6-4-11-9(15)12-7(8(13)14)3-5-18-2/h7,10H,3-6H2,1-2H3,(H,13,14)(H2,11,12,15)/t7-/m0/s1. The molecule has 0 saturated heterocycles. The molecular formula is C9H19N3O5S2. The number of hydrogen-bond donors (Lipinski definition) is 4. The summed E-state index contributed by atoms with van der Waals surface area (Å²) in [6.45, 7) is -0.0934. The number of hydrogen-bond acceptors (Lipinski definition) is 5. The number of carbonyl (C=O) groups is 2. The van der Waals surface area contributed by atoms with Crippen LogP contribution in [-0.2, 0) is 14.8 Å². The van der Waals surface area contributed by atoms with Crippen LogP contribution in [0.5, 0.6) is 0 Å². The molecule has 0 saturated carbocycles. The van der Waals surface area contributed by atoms with E-state index in [2.05, 4.69) is 15.4 Å². The van der Waals surface area contributed by atoms with Gasteiger partial charge in [-0.1, -0.05) is 0 Å². The van der Waals surface area contributed by atoms with Gasteiger partial charge in [0.25, 0.3) is 0 Å². The van der Waals surface area contributed by atoms with Crippen molar-refractivity contribution in [1.82, 2.24) is 15.4 Å². The highest BCUT2D eigenvalue weighted by Gasteiger charge is 2.19. The van der Waals surface area contributed by atoms with Crippen LogP contribution >= 0.6 is 11.8 Å². The molecular weight excluding hydrogens is 294 g/mol. The third-order valence-electron chi connectivity index (χ3n) is 2.18. The molecule has 2 amide bonds. The van der Waals surface area contributed by atoms with Gasteiger partial charge in [-0.3, -0.25) is 0 Å². The predicted molar refractivity (Wildman–Crippen MR) is 73.8 cm³/mol. The fourth-order valence-corrected chi connectivity index (χ4v) is 2.15. The zero-order valence-electron chi connectivity index (χ0n) is 10.8. The fraction of sp³-hybridized carbons (Fsp3) is 0.778. The summed E-state index contributed by atoms with van der Waals surface area (Å²) in [6, 6.07) is -1.67. The maximum atomic E-state index is 11.4. The van der Waals surface area contributed by atoms with E-state index in [9.17, 15) is 18.0 Å². The van der Waals surface area contributed by atoms with Crippen LogP contribution in [0.2, 0.25) is 0 Å². The minimum atomic E-state index is -3.39. The minimum Gasteiger partial charge on any atom is -0.480 e. The predicted octanol–water partition coefficient (Wildman–Crippen LogP) is -0.959. The number of amides is 2. The van der Waals surface area contributed by atoms with E-state index in [0.29, 0.717) is 12.2 Å². The molecule has 0 rings (SSSR count). The summed E-state index contributed by atoms with van der Waals surface area (Å²) in [5.41, 5.74) is 0. The number of carbonyl (C=O) groups excluding carboxylic acids is 1. The number of carboxylic acid groups (broad SMARTS) is 1. The van der Waals surface area contributed by atoms with Gasteiger partial charge in [0.05, 0.1) is 5.75 Å². The van der Waals surface area contributed by atoms with E-state index in [0.717, 1.165) is 0 Å². The van der Waals surface area contributed by atoms with Gasteiger partial charge in [0, 0.05) is 6.54 Å². The summed E-state index contributed by atoms with van der Waals surface area (Å²) < 4.78 is 24.3. The van der Waals surface area contributed by atoms with Gasteiger partial charge < -0.3 is 15.7 Å². The first-order chi connectivity index (χ1) is 8.82. The first-order valence-electron chi connectivity index (χ1n) is 5.49. The Hall–Kier alpha value is -1.00. The molecule has 0 heterocycles. The summed E-state index contributed by atoms with van der Waals surface area (Å²) in [7, 11) is -2.11. The van der Waals surface area contributed by atoms with Crippen LogP contribution in [0.15, 0.2) is 0 Å². The van der Waals surface area contributed by atoms with Crippen LogP contribution in [0, 0.1) is 0 Å². The Kier molecular flexibility index (Phi) is 8.52. The Morgan fingerprint density at radius 3 is 2.47 bits per heavy atom. The topological polar surface area (TPSA) is 125 Å². The second kappa shape index (κ2) is 8.99. The third kappa shape index (κ3) is 8.67. The molecule has 112 valence electrons. The highest BCUT2D eigenvalue weighted by Crippen LogP contribution is 2.00. The van der Waals surface area contributed by atoms with Gasteiger partial charge in [0.2, 0.25) is 10.0 Å². The molecule has 19 heavy (non-hydrogen) atoms. The lowest BCUT2D eigenvalue weighted by Gasteiger charge is -2.14. The number of nitrogens with one attached hydrogen (secondary N) is 3. The quantitative estimate of drug-likeness (QED) is 0.434. The molecule has 0 aliphatic heterocycles. The number of rotatable bonds is 9. The van der Waals surface area contributed by atoms with E-state index >= 15 is 0 Å². The van der Waals surface area contributed by atoms with Crippen molar-refractivity contribution < 1.29 is 23.1 Å². The van der Waals surface area contributed by atoms with Gasteiger partial charge in [0.1, 0.15) is 6.04 Å². The molecule has 0 radical (unpaired) electrons. The van der Waals surface area contributed by atoms with Gasteiger partial charge in [-0.2, -0.15) is 11.8 Å². The van der Waals surface area contributed by atoms with E-state index in [1.165, 1.54) is 18.8 Å². The fourth-order valence-electron chi connectivity index (χ4n) is 1.10. The first-order valence-corrected chi connectivity index (χ1v) is 8.54. The number of aliphatic carboxylic acids is 1. The Morgan fingerprint density at radius 1 is 1.37 bits per heavy atom. The van der Waals surface area contributed by atoms with E-state index in [-0.39, 0.29) is 12.3 Å². The normalized spacial score (nSPS) is 12.7. The van der Waals surface area contributed by atoms with E-state index in [4.69, 9.17) is 5.11 Å². The van der Waals surface area contributed by atoms with Crippen molar-refractivity contribution in [3.8, 4) is 0 Å². The zero-order chi connectivity index (χ0) is 14.9. The lowest BCUT2D eigenvalue weighted by Crippen LogP contribution is -2.47. The third-order valence-corrected chi connectivity index (χ3v) is 4.19. The molecule has 8 nitrogen and oxygen atoms in total. The van der Waals surface area contributed by atoms with Gasteiger partial charge >= 0.3 is 12.0 Å². The highest BCUT2D eigenvalue weighted by atomic mass is 32.2. The monoisotopic (exact) mass is 313 g/mol. The average Bonchev–Trinajstić information content (AvgIpc) is 2.33. The van der Waals surface area contributed by atoms with Crippen molar-refractivity contribution in [1.29, 1.82) is 0 Å². The van der Waals surface area contributed by atoms with Crippen molar-refractivity contribution in [3.05, 3.63) is 0 Å². The molecule has 0 aliphatic carbocycles. The lowest BCUT2D eigenvalue weighted by molar-refractivity contribution is -0.139. The van der Waals surface area contributed by atoms with Crippen molar-refractivity contribution in [3.63, 3.8) is 0 Å². The molecule has 0 fully saturated rings. The van der Waals surface area contributed by atoms with E-state index in [1.807, 2.05) is 6.26 Å². The van der Waals surface area contributed by atoms with Gasteiger partial charge in [-0.15, -0.1) is 0 Å². The highest BCUT2D eigenvalue weighted by molar-refractivity contribution is 7.98. The summed E-state index contributed by atoms with van der Waals surface area (Å²) >= 11 is 1.48. The molecule has 0 aliphatic rings. The first kappa shape index (κ1) is 18.0. The van der Waals surface area contributed by atoms with Crippen molar-refractivity contribution in [2.45, 2.75) is 12.5 Å². The smallest absolute Gasteiger partial charge is 0.326 e. The molecule has 0 aromatic carbocycles. The SMILES string of the molecule is CNS(=O)(=O)CCNC(=O)N[C@@H](CCSC)C(=O)O. The molecule has 0 spiro atoms.